The third-order valence-electron chi connectivity index (χ3n) is 9.13. The molecule has 0 unspecified atom stereocenters. The van der Waals surface area contributed by atoms with E-state index in [1.54, 1.807) is 68.5 Å². The van der Waals surface area contributed by atoms with Crippen LogP contribution in [0.5, 0.6) is 0 Å². The number of Topliss-reactive ketones (excluding diaryl/α,β-unsaturated/α-hetero) is 1. The van der Waals surface area contributed by atoms with Crippen molar-refractivity contribution in [3.63, 3.8) is 0 Å². The second-order valence-electron chi connectivity index (χ2n) is 13.7. The van der Waals surface area contributed by atoms with Gasteiger partial charge in [0, 0.05) is 38.0 Å². The number of rotatable bonds is 6. The van der Waals surface area contributed by atoms with Crippen LogP contribution in [0.2, 0.25) is 0 Å². The fourth-order valence-corrected chi connectivity index (χ4v) is 6.84. The summed E-state index contributed by atoms with van der Waals surface area (Å²) in [4.78, 5) is 66.2. The highest BCUT2D eigenvalue weighted by molar-refractivity contribution is 5.93. The highest BCUT2D eigenvalue weighted by Gasteiger charge is 2.67. The lowest BCUT2D eigenvalue weighted by Gasteiger charge is -2.41. The molecule has 0 bridgehead atoms. The molecule has 0 aromatic heterocycles. The Hall–Kier alpha value is -4.61. The first kappa shape index (κ1) is 37.2. The standard InChI is InChI=1S/C38H44O11/c1-22-18-19-36(5,6)32(48-34(42)26-14-10-8-11-15-26)28(46-24(3)39)20-23(2)30(47-25(4)40)29-33(37(7,44)21-38(29,45)31(22)41)49-35(43)27-16-12-9-13-17-27/h8-19,22,28-30,32-33,44-45H,2,20-21H2,1,3-7H3/t22-,28+,29-,30-,32-,33-,37-,38-/m1/s1. The molecule has 0 spiro atoms. The largest absolute Gasteiger partial charge is 0.458 e. The van der Waals surface area contributed by atoms with Crippen LogP contribution in [0.1, 0.15) is 75.1 Å². The zero-order valence-electron chi connectivity index (χ0n) is 28.6. The predicted octanol–water partition coefficient (Wildman–Crippen LogP) is 4.55. The van der Waals surface area contributed by atoms with Crippen LogP contribution >= 0.6 is 0 Å². The molecule has 2 N–H and O–H groups in total. The summed E-state index contributed by atoms with van der Waals surface area (Å²) in [7, 11) is 0. The Morgan fingerprint density at radius 1 is 0.776 bits per heavy atom. The Bertz CT molecular complexity index is 1610. The molecule has 0 amide bonds. The lowest BCUT2D eigenvalue weighted by Crippen LogP contribution is -2.55. The first-order valence-electron chi connectivity index (χ1n) is 16.1. The van der Waals surface area contributed by atoms with Crippen LogP contribution in [0, 0.1) is 17.3 Å². The van der Waals surface area contributed by atoms with Crippen LogP contribution in [-0.4, -0.2) is 75.5 Å². The first-order chi connectivity index (χ1) is 22.9. The zero-order valence-corrected chi connectivity index (χ0v) is 28.6. The minimum Gasteiger partial charge on any atom is -0.458 e. The quantitative estimate of drug-likeness (QED) is 0.251. The molecule has 0 radical (unpaired) electrons. The molecule has 4 rings (SSSR count). The van der Waals surface area contributed by atoms with Gasteiger partial charge in [0.25, 0.3) is 0 Å². The van der Waals surface area contributed by atoms with Gasteiger partial charge in [-0.25, -0.2) is 9.59 Å². The van der Waals surface area contributed by atoms with Gasteiger partial charge in [0.1, 0.15) is 35.6 Å². The van der Waals surface area contributed by atoms with Crippen molar-refractivity contribution in [2.45, 2.75) is 90.0 Å². The van der Waals surface area contributed by atoms with Crippen molar-refractivity contribution in [3.05, 3.63) is 96.1 Å². The number of fused-ring (bicyclic) bond motifs is 1. The van der Waals surface area contributed by atoms with Crippen LogP contribution in [0.25, 0.3) is 0 Å². The smallest absolute Gasteiger partial charge is 0.338 e. The van der Waals surface area contributed by atoms with Gasteiger partial charge in [0.2, 0.25) is 0 Å². The minimum atomic E-state index is -2.39. The molecule has 11 nitrogen and oxygen atoms in total. The molecular weight excluding hydrogens is 632 g/mol. The van der Waals surface area contributed by atoms with E-state index in [0.29, 0.717) is 0 Å². The molecule has 8 atom stereocenters. The van der Waals surface area contributed by atoms with E-state index in [0.717, 1.165) is 6.92 Å². The number of hydrogen-bond donors (Lipinski definition) is 2. The van der Waals surface area contributed by atoms with Crippen molar-refractivity contribution in [1.82, 2.24) is 0 Å². The number of benzene rings is 2. The van der Waals surface area contributed by atoms with Crippen LogP contribution in [0.3, 0.4) is 0 Å². The third-order valence-corrected chi connectivity index (χ3v) is 9.13. The maximum absolute atomic E-state index is 14.3. The summed E-state index contributed by atoms with van der Waals surface area (Å²) in [5.74, 6) is -6.36. The predicted molar refractivity (Wildman–Crippen MR) is 177 cm³/mol. The van der Waals surface area contributed by atoms with Crippen LogP contribution in [-0.2, 0) is 33.3 Å². The van der Waals surface area contributed by atoms with Gasteiger partial charge in [-0.1, -0.05) is 75.9 Å². The number of ether oxygens (including phenoxy) is 4. The van der Waals surface area contributed by atoms with Crippen molar-refractivity contribution in [2.24, 2.45) is 17.3 Å². The average Bonchev–Trinajstić information content (AvgIpc) is 3.24. The van der Waals surface area contributed by atoms with Crippen LogP contribution in [0.4, 0.5) is 0 Å². The fourth-order valence-electron chi connectivity index (χ4n) is 6.84. The molecule has 2 aliphatic rings. The molecule has 0 aliphatic heterocycles. The SMILES string of the molecule is C=C1C[C@H](OC(C)=O)[C@@H](OC(=O)c2ccccc2)C(C)(C)C=C[C@@H](C)C(=O)[C@@]2(O)C[C@@](C)(O)[C@H](OC(=O)c3ccccc3)[C@H]2[C@@H]1OC(C)=O. The number of esters is 4. The van der Waals surface area contributed by atoms with Crippen LogP contribution < -0.4 is 0 Å². The van der Waals surface area contributed by atoms with E-state index >= 15 is 0 Å². The number of ketones is 1. The molecule has 1 fully saturated rings. The van der Waals surface area contributed by atoms with Gasteiger partial charge in [-0.15, -0.1) is 0 Å². The summed E-state index contributed by atoms with van der Waals surface area (Å²) >= 11 is 0. The minimum absolute atomic E-state index is 0.0462. The maximum atomic E-state index is 14.3. The monoisotopic (exact) mass is 676 g/mol. The van der Waals surface area contributed by atoms with Gasteiger partial charge in [-0.05, 0) is 36.8 Å². The van der Waals surface area contributed by atoms with E-state index < -0.39 is 89.0 Å². The lowest BCUT2D eigenvalue weighted by atomic mass is 9.73. The summed E-state index contributed by atoms with van der Waals surface area (Å²) in [6.07, 6.45) is -3.16. The van der Waals surface area contributed by atoms with Gasteiger partial charge in [-0.3, -0.25) is 14.4 Å². The highest BCUT2D eigenvalue weighted by Crippen LogP contribution is 2.50. The molecule has 0 saturated heterocycles. The van der Waals surface area contributed by atoms with Crippen molar-refractivity contribution in [3.8, 4) is 0 Å². The van der Waals surface area contributed by atoms with E-state index in [9.17, 15) is 34.2 Å². The lowest BCUT2D eigenvalue weighted by molar-refractivity contribution is -0.167. The molecule has 262 valence electrons. The van der Waals surface area contributed by atoms with Gasteiger partial charge >= 0.3 is 23.9 Å². The van der Waals surface area contributed by atoms with E-state index in [1.807, 2.05) is 0 Å². The molecule has 2 aromatic rings. The molecule has 2 aliphatic carbocycles. The normalized spacial score (nSPS) is 31.3. The van der Waals surface area contributed by atoms with Crippen molar-refractivity contribution < 1.29 is 53.1 Å². The Balaban J connectivity index is 1.89. The average molecular weight is 677 g/mol. The fraction of sp³-hybridized carbons (Fsp3) is 0.447. The first-order valence-corrected chi connectivity index (χ1v) is 16.1. The summed E-state index contributed by atoms with van der Waals surface area (Å²) in [6.45, 7) is 12.8. The second kappa shape index (κ2) is 14.5. The second-order valence-corrected chi connectivity index (χ2v) is 13.7. The Morgan fingerprint density at radius 2 is 1.27 bits per heavy atom. The van der Waals surface area contributed by atoms with E-state index in [2.05, 4.69) is 6.58 Å². The van der Waals surface area contributed by atoms with Gasteiger partial charge < -0.3 is 29.2 Å². The Morgan fingerprint density at radius 3 is 1.76 bits per heavy atom. The number of carbonyl (C=O) groups excluding carboxylic acids is 5. The number of allylic oxidation sites excluding steroid dienone is 1. The van der Waals surface area contributed by atoms with E-state index in [1.165, 1.54) is 39.0 Å². The summed E-state index contributed by atoms with van der Waals surface area (Å²) in [5.41, 5.74) is -5.01. The molecule has 2 aromatic carbocycles. The van der Waals surface area contributed by atoms with E-state index in [-0.39, 0.29) is 23.1 Å². The molecule has 1 saturated carbocycles. The summed E-state index contributed by atoms with van der Waals surface area (Å²) in [5, 5.41) is 24.1. The molecular formula is C38H44O11. The number of aliphatic hydroxyl groups is 2. The Labute approximate surface area is 285 Å². The topological polar surface area (TPSA) is 163 Å². The summed E-state index contributed by atoms with van der Waals surface area (Å²) in [6, 6.07) is 16.2. The maximum Gasteiger partial charge on any atom is 0.338 e. The summed E-state index contributed by atoms with van der Waals surface area (Å²) < 4.78 is 23.4. The van der Waals surface area contributed by atoms with Gasteiger partial charge in [0.15, 0.2) is 5.78 Å². The third kappa shape index (κ3) is 8.17. The van der Waals surface area contributed by atoms with Gasteiger partial charge in [-0.2, -0.15) is 0 Å². The molecule has 0 heterocycles. The number of hydrogen-bond acceptors (Lipinski definition) is 11. The number of carbonyl (C=O) groups is 5. The van der Waals surface area contributed by atoms with Crippen molar-refractivity contribution in [1.29, 1.82) is 0 Å². The molecule has 49 heavy (non-hydrogen) atoms. The zero-order chi connectivity index (χ0) is 36.3. The molecule has 11 heteroatoms. The van der Waals surface area contributed by atoms with Crippen LogP contribution in [0.15, 0.2) is 85.0 Å². The van der Waals surface area contributed by atoms with Crippen molar-refractivity contribution >= 4 is 29.7 Å². The van der Waals surface area contributed by atoms with E-state index in [4.69, 9.17) is 18.9 Å². The highest BCUT2D eigenvalue weighted by atomic mass is 16.6. The van der Waals surface area contributed by atoms with Crippen molar-refractivity contribution in [2.75, 3.05) is 0 Å². The Kier molecular flexibility index (Phi) is 11.0. The van der Waals surface area contributed by atoms with Gasteiger partial charge in [0.05, 0.1) is 17.0 Å².